The highest BCUT2D eigenvalue weighted by molar-refractivity contribution is 5.76. The largest absolute Gasteiger partial charge is 0.513 e. The van der Waals surface area contributed by atoms with Crippen LogP contribution in [0.5, 0.6) is 11.5 Å². The number of nitrogens with one attached hydrogen (secondary N) is 1. The highest BCUT2D eigenvalue weighted by Crippen LogP contribution is 2.30. The summed E-state index contributed by atoms with van der Waals surface area (Å²) < 4.78 is 29.8. The molecule has 1 aromatic rings. The van der Waals surface area contributed by atoms with Gasteiger partial charge in [0.25, 0.3) is 0 Å². The van der Waals surface area contributed by atoms with Crippen molar-refractivity contribution in [2.75, 3.05) is 33.5 Å². The van der Waals surface area contributed by atoms with Crippen LogP contribution >= 0.6 is 0 Å². The summed E-state index contributed by atoms with van der Waals surface area (Å²) in [5.41, 5.74) is 0.374. The van der Waals surface area contributed by atoms with E-state index in [2.05, 4.69) is 5.32 Å². The Morgan fingerprint density at radius 3 is 2.06 bits per heavy atom. The van der Waals surface area contributed by atoms with Gasteiger partial charge < -0.3 is 33.7 Å². The Hall–Kier alpha value is -3.34. The fourth-order valence-electron chi connectivity index (χ4n) is 2.82. The summed E-state index contributed by atoms with van der Waals surface area (Å²) in [6.07, 6.45) is -1.54. The van der Waals surface area contributed by atoms with Crippen molar-refractivity contribution >= 4 is 24.2 Å². The lowest BCUT2D eigenvalue weighted by Gasteiger charge is -2.19. The second-order valence-corrected chi connectivity index (χ2v) is 8.54. The van der Waals surface area contributed by atoms with Crippen molar-refractivity contribution in [3.63, 3.8) is 0 Å². The number of esters is 2. The minimum Gasteiger partial charge on any atom is -0.468 e. The third kappa shape index (κ3) is 12.1. The molecule has 11 nitrogen and oxygen atoms in total. The highest BCUT2D eigenvalue weighted by atomic mass is 16.7. The normalized spacial score (nSPS) is 11.7. The maximum absolute atomic E-state index is 12.3. The van der Waals surface area contributed by atoms with Gasteiger partial charge in [-0.25, -0.2) is 9.59 Å². The third-order valence-electron chi connectivity index (χ3n) is 4.28. The van der Waals surface area contributed by atoms with Crippen molar-refractivity contribution in [3.05, 3.63) is 23.8 Å². The summed E-state index contributed by atoms with van der Waals surface area (Å²) in [5, 5.41) is 2.99. The number of hydrogen-bond acceptors (Lipinski definition) is 11. The van der Waals surface area contributed by atoms with E-state index in [9.17, 15) is 19.2 Å². The second-order valence-electron chi connectivity index (χ2n) is 8.54. The maximum atomic E-state index is 12.3. The molecule has 0 heterocycles. The molecule has 0 saturated carbocycles. The predicted molar refractivity (Wildman–Crippen MR) is 124 cm³/mol. The first kappa shape index (κ1) is 29.7. The molecule has 0 aliphatic heterocycles. The monoisotopic (exact) mass is 497 g/mol. The van der Waals surface area contributed by atoms with Crippen LogP contribution < -0.4 is 14.8 Å². The molecule has 0 aliphatic rings. The van der Waals surface area contributed by atoms with Gasteiger partial charge in [0.05, 0.1) is 26.7 Å². The molecule has 0 radical (unpaired) electrons. The van der Waals surface area contributed by atoms with Gasteiger partial charge in [-0.2, -0.15) is 0 Å². The molecule has 0 aliphatic carbocycles. The Morgan fingerprint density at radius 1 is 0.914 bits per heavy atom. The molecule has 0 bridgehead atoms. The van der Waals surface area contributed by atoms with Gasteiger partial charge in [0.1, 0.15) is 12.6 Å². The molecule has 0 fully saturated rings. The topological polar surface area (TPSA) is 136 Å². The SMILES string of the molecule is CCOC(=O)Oc1ccc(C[C@H](NCCOC(=O)CC(C)(C)C)C(=O)OC)cc1OC(=O)OCC. The first-order valence-electron chi connectivity index (χ1n) is 11.3. The van der Waals surface area contributed by atoms with E-state index in [0.29, 0.717) is 5.56 Å². The van der Waals surface area contributed by atoms with E-state index in [-0.39, 0.29) is 62.1 Å². The molecule has 1 rings (SSSR count). The van der Waals surface area contributed by atoms with Gasteiger partial charge in [-0.3, -0.25) is 9.59 Å². The smallest absolute Gasteiger partial charge is 0.468 e. The average molecular weight is 498 g/mol. The van der Waals surface area contributed by atoms with E-state index in [1.165, 1.54) is 19.2 Å². The summed E-state index contributed by atoms with van der Waals surface area (Å²) in [6.45, 7) is 9.50. The second kappa shape index (κ2) is 14.8. The van der Waals surface area contributed by atoms with Crippen LogP contribution in [0, 0.1) is 5.41 Å². The number of hydrogen-bond donors (Lipinski definition) is 1. The van der Waals surface area contributed by atoms with Gasteiger partial charge in [0, 0.05) is 6.54 Å². The summed E-state index contributed by atoms with van der Waals surface area (Å²) >= 11 is 0. The molecule has 1 atom stereocenters. The standard InChI is InChI=1S/C24H35NO10/c1-7-31-22(28)34-18-10-9-16(14-19(18)35-23(29)32-8-2)13-17(21(27)30-6)25-11-12-33-20(26)15-24(3,4)5/h9-10,14,17,25H,7-8,11-13,15H2,1-6H3/t17-/m0/s1. The van der Waals surface area contributed by atoms with Crippen LogP contribution in [0.1, 0.15) is 46.6 Å². The highest BCUT2D eigenvalue weighted by Gasteiger charge is 2.22. The number of ether oxygens (including phenoxy) is 6. The van der Waals surface area contributed by atoms with Gasteiger partial charge in [-0.1, -0.05) is 26.8 Å². The molecule has 1 aromatic carbocycles. The third-order valence-corrected chi connectivity index (χ3v) is 4.28. The van der Waals surface area contributed by atoms with Crippen molar-refractivity contribution in [3.8, 4) is 11.5 Å². The van der Waals surface area contributed by atoms with Crippen molar-refractivity contribution in [1.29, 1.82) is 0 Å². The van der Waals surface area contributed by atoms with Gasteiger partial charge in [0.2, 0.25) is 0 Å². The minimum atomic E-state index is -0.988. The van der Waals surface area contributed by atoms with Crippen molar-refractivity contribution < 1.29 is 47.6 Å². The quantitative estimate of drug-likeness (QED) is 0.197. The lowest BCUT2D eigenvalue weighted by molar-refractivity contribution is -0.145. The lowest BCUT2D eigenvalue weighted by atomic mass is 9.93. The fourth-order valence-corrected chi connectivity index (χ4v) is 2.82. The molecule has 0 aromatic heterocycles. The van der Waals surface area contributed by atoms with E-state index in [4.69, 9.17) is 28.4 Å². The Bertz CT molecular complexity index is 862. The molecular formula is C24H35NO10. The Labute approximate surface area is 205 Å². The first-order chi connectivity index (χ1) is 16.5. The summed E-state index contributed by atoms with van der Waals surface area (Å²) in [5.74, 6) is -1.01. The fraction of sp³-hybridized carbons (Fsp3) is 0.583. The zero-order chi connectivity index (χ0) is 26.4. The Morgan fingerprint density at radius 2 is 1.51 bits per heavy atom. The average Bonchev–Trinajstić information content (AvgIpc) is 2.76. The minimum absolute atomic E-state index is 0.0615. The molecule has 11 heteroatoms. The lowest BCUT2D eigenvalue weighted by Crippen LogP contribution is -2.41. The molecule has 196 valence electrons. The Balaban J connectivity index is 2.91. The van der Waals surface area contributed by atoms with E-state index in [0.717, 1.165) is 0 Å². The van der Waals surface area contributed by atoms with E-state index < -0.39 is 24.3 Å². The van der Waals surface area contributed by atoms with Crippen LogP contribution in [-0.2, 0) is 35.0 Å². The molecule has 0 spiro atoms. The van der Waals surface area contributed by atoms with Gasteiger partial charge in [-0.05, 0) is 43.4 Å². The van der Waals surface area contributed by atoms with Gasteiger partial charge in [0.15, 0.2) is 11.5 Å². The zero-order valence-corrected chi connectivity index (χ0v) is 21.1. The molecule has 0 saturated heterocycles. The summed E-state index contributed by atoms with van der Waals surface area (Å²) in [7, 11) is 1.26. The van der Waals surface area contributed by atoms with E-state index >= 15 is 0 Å². The van der Waals surface area contributed by atoms with Crippen molar-refractivity contribution in [1.82, 2.24) is 5.32 Å². The van der Waals surface area contributed by atoms with Crippen LogP contribution in [0.25, 0.3) is 0 Å². The van der Waals surface area contributed by atoms with Crippen LogP contribution in [0.4, 0.5) is 9.59 Å². The van der Waals surface area contributed by atoms with Crippen molar-refractivity contribution in [2.45, 2.75) is 53.5 Å². The van der Waals surface area contributed by atoms with Crippen molar-refractivity contribution in [2.24, 2.45) is 5.41 Å². The first-order valence-corrected chi connectivity index (χ1v) is 11.3. The van der Waals surface area contributed by atoms with E-state index in [1.807, 2.05) is 20.8 Å². The van der Waals surface area contributed by atoms with Gasteiger partial charge in [-0.15, -0.1) is 0 Å². The number of methoxy groups -OCH3 is 1. The van der Waals surface area contributed by atoms with Crippen LogP contribution in [0.2, 0.25) is 0 Å². The van der Waals surface area contributed by atoms with Crippen LogP contribution in [-0.4, -0.2) is 63.8 Å². The van der Waals surface area contributed by atoms with Gasteiger partial charge >= 0.3 is 24.2 Å². The predicted octanol–water partition coefficient (Wildman–Crippen LogP) is 3.41. The number of carbonyl (C=O) groups is 4. The summed E-state index contributed by atoms with van der Waals surface area (Å²) in [4.78, 5) is 47.7. The number of rotatable bonds is 12. The van der Waals surface area contributed by atoms with E-state index in [1.54, 1.807) is 19.9 Å². The molecule has 1 N–H and O–H groups in total. The zero-order valence-electron chi connectivity index (χ0n) is 21.1. The number of benzene rings is 1. The molecule has 0 amide bonds. The molecule has 0 unspecified atom stereocenters. The molecule has 35 heavy (non-hydrogen) atoms. The maximum Gasteiger partial charge on any atom is 0.513 e. The van der Waals surface area contributed by atoms with Crippen LogP contribution in [0.3, 0.4) is 0 Å². The van der Waals surface area contributed by atoms with Crippen LogP contribution in [0.15, 0.2) is 18.2 Å². The number of carbonyl (C=O) groups excluding carboxylic acids is 4. The molecular weight excluding hydrogens is 462 g/mol. The summed E-state index contributed by atoms with van der Waals surface area (Å²) in [6, 6.07) is 3.65. The Kier molecular flexibility index (Phi) is 12.6.